The van der Waals surface area contributed by atoms with Crippen LogP contribution >= 0.6 is 0 Å². The molecule has 0 amide bonds. The molecular formula is C16H25NO. The van der Waals surface area contributed by atoms with Crippen LogP contribution in [0.1, 0.15) is 51.2 Å². The summed E-state index contributed by atoms with van der Waals surface area (Å²) in [7, 11) is 0. The lowest BCUT2D eigenvalue weighted by molar-refractivity contribution is 0.200. The van der Waals surface area contributed by atoms with Crippen molar-refractivity contribution in [3.05, 3.63) is 29.8 Å². The molecule has 1 aliphatic rings. The molecule has 18 heavy (non-hydrogen) atoms. The molecule has 2 heteroatoms. The Labute approximate surface area is 110 Å². The van der Waals surface area contributed by atoms with Crippen LogP contribution in [0.4, 0.5) is 5.69 Å². The Morgan fingerprint density at radius 2 is 1.89 bits per heavy atom. The third-order valence-corrected chi connectivity index (χ3v) is 4.13. The van der Waals surface area contributed by atoms with Crippen molar-refractivity contribution >= 4 is 5.69 Å². The summed E-state index contributed by atoms with van der Waals surface area (Å²) in [6.07, 6.45) is 5.00. The van der Waals surface area contributed by atoms with Gasteiger partial charge in [0.05, 0.1) is 6.10 Å². The summed E-state index contributed by atoms with van der Waals surface area (Å²) in [5.74, 6) is 1.70. The quantitative estimate of drug-likeness (QED) is 0.843. The molecule has 1 saturated carbocycles. The monoisotopic (exact) mass is 247 g/mol. The van der Waals surface area contributed by atoms with Gasteiger partial charge in [-0.1, -0.05) is 38.0 Å². The fourth-order valence-corrected chi connectivity index (χ4v) is 2.81. The first-order valence-electron chi connectivity index (χ1n) is 7.17. The van der Waals surface area contributed by atoms with Gasteiger partial charge >= 0.3 is 0 Å². The van der Waals surface area contributed by atoms with Crippen molar-refractivity contribution in [1.82, 2.24) is 0 Å². The number of nitrogens with one attached hydrogen (secondary N) is 1. The van der Waals surface area contributed by atoms with E-state index in [0.29, 0.717) is 0 Å². The summed E-state index contributed by atoms with van der Waals surface area (Å²) in [5.41, 5.74) is 2.09. The van der Waals surface area contributed by atoms with Gasteiger partial charge in [0.15, 0.2) is 0 Å². The Morgan fingerprint density at radius 1 is 1.22 bits per heavy atom. The first-order chi connectivity index (χ1) is 8.66. The summed E-state index contributed by atoms with van der Waals surface area (Å²) in [6.45, 7) is 5.21. The van der Waals surface area contributed by atoms with E-state index in [0.717, 1.165) is 29.6 Å². The van der Waals surface area contributed by atoms with E-state index in [-0.39, 0.29) is 0 Å². The SMILES string of the molecule is CC1CCC(CNc2ccccc2C(C)O)CC1. The molecule has 1 aromatic carbocycles. The van der Waals surface area contributed by atoms with Gasteiger partial charge in [0.2, 0.25) is 0 Å². The average Bonchev–Trinajstić information content (AvgIpc) is 2.38. The lowest BCUT2D eigenvalue weighted by Gasteiger charge is -2.27. The Bertz CT molecular complexity index is 367. The summed E-state index contributed by atoms with van der Waals surface area (Å²) in [6, 6.07) is 8.07. The van der Waals surface area contributed by atoms with E-state index in [2.05, 4.69) is 18.3 Å². The molecule has 1 atom stereocenters. The van der Waals surface area contributed by atoms with E-state index in [4.69, 9.17) is 0 Å². The Kier molecular flexibility index (Phi) is 4.65. The number of aliphatic hydroxyl groups excluding tert-OH is 1. The smallest absolute Gasteiger partial charge is 0.0781 e. The van der Waals surface area contributed by atoms with Gasteiger partial charge in [0, 0.05) is 17.8 Å². The van der Waals surface area contributed by atoms with Crippen molar-refractivity contribution in [3.63, 3.8) is 0 Å². The first kappa shape index (κ1) is 13.4. The summed E-state index contributed by atoms with van der Waals surface area (Å²) >= 11 is 0. The molecule has 2 N–H and O–H groups in total. The zero-order valence-corrected chi connectivity index (χ0v) is 11.5. The molecule has 1 aromatic rings. The fourth-order valence-electron chi connectivity index (χ4n) is 2.81. The molecule has 1 fully saturated rings. The largest absolute Gasteiger partial charge is 0.389 e. The molecule has 0 saturated heterocycles. The normalized spacial score (nSPS) is 25.7. The minimum atomic E-state index is -0.403. The fraction of sp³-hybridized carbons (Fsp3) is 0.625. The second-order valence-corrected chi connectivity index (χ2v) is 5.77. The molecule has 2 nitrogen and oxygen atoms in total. The number of hydrogen-bond donors (Lipinski definition) is 2. The predicted octanol–water partition coefficient (Wildman–Crippen LogP) is 3.98. The third kappa shape index (κ3) is 3.49. The molecule has 0 spiro atoms. The van der Waals surface area contributed by atoms with Crippen LogP contribution in [-0.2, 0) is 0 Å². The molecule has 2 rings (SSSR count). The Morgan fingerprint density at radius 3 is 2.56 bits per heavy atom. The highest BCUT2D eigenvalue weighted by molar-refractivity contribution is 5.52. The molecular weight excluding hydrogens is 222 g/mol. The van der Waals surface area contributed by atoms with E-state index in [1.54, 1.807) is 0 Å². The highest BCUT2D eigenvalue weighted by Gasteiger charge is 2.18. The van der Waals surface area contributed by atoms with Gasteiger partial charge in [-0.2, -0.15) is 0 Å². The van der Waals surface area contributed by atoms with Gasteiger partial charge in [-0.3, -0.25) is 0 Å². The van der Waals surface area contributed by atoms with Crippen molar-refractivity contribution in [1.29, 1.82) is 0 Å². The van der Waals surface area contributed by atoms with Crippen LogP contribution in [0.5, 0.6) is 0 Å². The van der Waals surface area contributed by atoms with Crippen molar-refractivity contribution in [3.8, 4) is 0 Å². The first-order valence-corrected chi connectivity index (χ1v) is 7.17. The minimum Gasteiger partial charge on any atom is -0.389 e. The Balaban J connectivity index is 1.90. The maximum Gasteiger partial charge on any atom is 0.0781 e. The van der Waals surface area contributed by atoms with Gasteiger partial charge in [-0.25, -0.2) is 0 Å². The van der Waals surface area contributed by atoms with Crippen LogP contribution in [0.2, 0.25) is 0 Å². The van der Waals surface area contributed by atoms with E-state index in [1.165, 1.54) is 25.7 Å². The zero-order valence-electron chi connectivity index (χ0n) is 11.5. The van der Waals surface area contributed by atoms with Gasteiger partial charge < -0.3 is 10.4 Å². The van der Waals surface area contributed by atoms with Crippen molar-refractivity contribution in [2.75, 3.05) is 11.9 Å². The highest BCUT2D eigenvalue weighted by atomic mass is 16.3. The van der Waals surface area contributed by atoms with Crippen LogP contribution in [0.25, 0.3) is 0 Å². The molecule has 1 unspecified atom stereocenters. The average molecular weight is 247 g/mol. The second-order valence-electron chi connectivity index (χ2n) is 5.77. The van der Waals surface area contributed by atoms with Gasteiger partial charge in [0.25, 0.3) is 0 Å². The van der Waals surface area contributed by atoms with Crippen molar-refractivity contribution in [2.24, 2.45) is 11.8 Å². The van der Waals surface area contributed by atoms with Crippen molar-refractivity contribution in [2.45, 2.75) is 45.6 Å². The maximum absolute atomic E-state index is 9.74. The van der Waals surface area contributed by atoms with Crippen molar-refractivity contribution < 1.29 is 5.11 Å². The minimum absolute atomic E-state index is 0.403. The van der Waals surface area contributed by atoms with Crippen LogP contribution in [0.15, 0.2) is 24.3 Å². The molecule has 1 aliphatic carbocycles. The predicted molar refractivity (Wildman–Crippen MR) is 76.7 cm³/mol. The lowest BCUT2D eigenvalue weighted by atomic mass is 9.83. The second kappa shape index (κ2) is 6.24. The van der Waals surface area contributed by atoms with Gasteiger partial charge in [0.1, 0.15) is 0 Å². The van der Waals surface area contributed by atoms with E-state index in [1.807, 2.05) is 25.1 Å². The van der Waals surface area contributed by atoms with E-state index in [9.17, 15) is 5.11 Å². The molecule has 0 aromatic heterocycles. The van der Waals surface area contributed by atoms with E-state index < -0.39 is 6.10 Å². The highest BCUT2D eigenvalue weighted by Crippen LogP contribution is 2.29. The number of rotatable bonds is 4. The lowest BCUT2D eigenvalue weighted by Crippen LogP contribution is -2.20. The molecule has 0 radical (unpaired) electrons. The van der Waals surface area contributed by atoms with Crippen LogP contribution in [0.3, 0.4) is 0 Å². The van der Waals surface area contributed by atoms with Crippen LogP contribution < -0.4 is 5.32 Å². The number of hydrogen-bond acceptors (Lipinski definition) is 2. The number of para-hydroxylation sites is 1. The standard InChI is InChI=1S/C16H25NO/c1-12-7-9-14(10-8-12)11-17-16-6-4-3-5-15(16)13(2)18/h3-6,12-14,17-18H,7-11H2,1-2H3. The summed E-state index contributed by atoms with van der Waals surface area (Å²) in [5, 5.41) is 13.3. The summed E-state index contributed by atoms with van der Waals surface area (Å²) in [4.78, 5) is 0. The maximum atomic E-state index is 9.74. The molecule has 0 heterocycles. The number of aliphatic hydroxyl groups is 1. The molecule has 0 aliphatic heterocycles. The zero-order chi connectivity index (χ0) is 13.0. The van der Waals surface area contributed by atoms with Crippen LogP contribution in [0, 0.1) is 11.8 Å². The van der Waals surface area contributed by atoms with Crippen LogP contribution in [-0.4, -0.2) is 11.7 Å². The van der Waals surface area contributed by atoms with E-state index >= 15 is 0 Å². The molecule has 100 valence electrons. The summed E-state index contributed by atoms with van der Waals surface area (Å²) < 4.78 is 0. The van der Waals surface area contributed by atoms with Gasteiger partial charge in [-0.15, -0.1) is 0 Å². The molecule has 0 bridgehead atoms. The third-order valence-electron chi connectivity index (χ3n) is 4.13. The number of anilines is 1. The topological polar surface area (TPSA) is 32.3 Å². The Hall–Kier alpha value is -1.02. The van der Waals surface area contributed by atoms with Gasteiger partial charge in [-0.05, 0) is 37.7 Å². The number of benzene rings is 1.